The van der Waals surface area contributed by atoms with Gasteiger partial charge in [0.15, 0.2) is 5.78 Å². The van der Waals surface area contributed by atoms with E-state index in [9.17, 15) is 9.59 Å². The average Bonchev–Trinajstić information content (AvgIpc) is 2.86. The smallest absolute Gasteiger partial charge is 0.310 e. The first-order valence-corrected chi connectivity index (χ1v) is 7.94. The lowest BCUT2D eigenvalue weighted by Gasteiger charge is -2.13. The first kappa shape index (κ1) is 17.3. The number of hydrogen-bond acceptors (Lipinski definition) is 5. The van der Waals surface area contributed by atoms with Gasteiger partial charge in [0, 0.05) is 11.3 Å². The van der Waals surface area contributed by atoms with Crippen molar-refractivity contribution in [3.63, 3.8) is 0 Å². The molecule has 5 nitrogen and oxygen atoms in total. The number of carbonyl (C=O) groups excluding carboxylic acids is 2. The van der Waals surface area contributed by atoms with Gasteiger partial charge in [0.2, 0.25) is 0 Å². The minimum atomic E-state index is -0.448. The number of allylic oxidation sites excluding steroid dienone is 4. The first-order valence-electron chi connectivity index (χ1n) is 7.94. The molecule has 0 saturated heterocycles. The molecule has 1 saturated carbocycles. The minimum absolute atomic E-state index is 0.0303. The summed E-state index contributed by atoms with van der Waals surface area (Å²) >= 11 is 0. The van der Waals surface area contributed by atoms with Crippen LogP contribution in [0.3, 0.4) is 0 Å². The van der Waals surface area contributed by atoms with Crippen molar-refractivity contribution in [2.45, 2.75) is 46.6 Å². The average molecular weight is 318 g/mol. The van der Waals surface area contributed by atoms with E-state index < -0.39 is 6.10 Å². The summed E-state index contributed by atoms with van der Waals surface area (Å²) in [5.74, 6) is -0.314. The Balaban J connectivity index is 2.06. The highest BCUT2D eigenvalue weighted by Gasteiger charge is 2.61. The van der Waals surface area contributed by atoms with Crippen LogP contribution < -0.4 is 11.5 Å². The molecule has 1 unspecified atom stereocenters. The van der Waals surface area contributed by atoms with Crippen molar-refractivity contribution in [3.8, 4) is 0 Å². The molecular weight excluding hydrogens is 292 g/mol. The van der Waals surface area contributed by atoms with E-state index in [1.54, 1.807) is 6.08 Å². The maximum atomic E-state index is 12.5. The fraction of sp³-hybridized carbons (Fsp3) is 0.556. The van der Waals surface area contributed by atoms with Crippen LogP contribution in [0.25, 0.3) is 0 Å². The van der Waals surface area contributed by atoms with Gasteiger partial charge in [0.05, 0.1) is 12.3 Å². The van der Waals surface area contributed by atoms with Crippen molar-refractivity contribution in [1.29, 1.82) is 0 Å². The highest BCUT2D eigenvalue weighted by molar-refractivity contribution is 6.00. The van der Waals surface area contributed by atoms with Gasteiger partial charge in [-0.1, -0.05) is 26.0 Å². The van der Waals surface area contributed by atoms with Gasteiger partial charge < -0.3 is 16.2 Å². The van der Waals surface area contributed by atoms with E-state index in [0.717, 1.165) is 5.57 Å². The third-order valence-electron chi connectivity index (χ3n) is 4.99. The number of rotatable bonds is 5. The highest BCUT2D eigenvalue weighted by Crippen LogP contribution is 2.60. The zero-order valence-electron chi connectivity index (χ0n) is 14.3. The standard InChI is InChI=1S/C18H26N2O3/c1-10(20)8-13-16(18(13,3)4)17(22)23-15-9-14(21)12(11(15)2)6-5-7-19/h5,7-8,13,15-16H,6,9,19-20H2,1-4H3/b7-5-,10-8+/t13-,15?,16+/m1/s1. The molecule has 0 heterocycles. The van der Waals surface area contributed by atoms with Crippen molar-refractivity contribution in [2.24, 2.45) is 28.7 Å². The molecule has 0 amide bonds. The zero-order chi connectivity index (χ0) is 17.4. The molecule has 0 aromatic heterocycles. The van der Waals surface area contributed by atoms with Crippen molar-refractivity contribution in [2.75, 3.05) is 0 Å². The summed E-state index contributed by atoms with van der Waals surface area (Å²) < 4.78 is 5.63. The third kappa shape index (κ3) is 3.33. The van der Waals surface area contributed by atoms with Gasteiger partial charge in [0.1, 0.15) is 6.10 Å². The SMILES string of the molecule is CC1=C(C/C=C\N)C(=O)CC1OC(=O)[C@@H]1[C@@H](/C=C(\C)N)C1(C)C. The van der Waals surface area contributed by atoms with Crippen LogP contribution in [-0.4, -0.2) is 17.9 Å². The van der Waals surface area contributed by atoms with Gasteiger partial charge in [-0.25, -0.2) is 0 Å². The van der Waals surface area contributed by atoms with Crippen LogP contribution in [0.1, 0.15) is 40.5 Å². The molecule has 1 fully saturated rings. The molecule has 3 atom stereocenters. The van der Waals surface area contributed by atoms with E-state index in [4.69, 9.17) is 16.2 Å². The number of ketones is 1. The lowest BCUT2D eigenvalue weighted by atomic mass is 10.1. The monoisotopic (exact) mass is 318 g/mol. The van der Waals surface area contributed by atoms with E-state index >= 15 is 0 Å². The van der Waals surface area contributed by atoms with Crippen molar-refractivity contribution in [1.82, 2.24) is 0 Å². The third-order valence-corrected chi connectivity index (χ3v) is 4.99. The molecule has 4 N–H and O–H groups in total. The molecule has 0 aliphatic heterocycles. The van der Waals surface area contributed by atoms with E-state index in [-0.39, 0.29) is 35.4 Å². The Morgan fingerprint density at radius 2 is 2.09 bits per heavy atom. The Labute approximate surface area is 137 Å². The molecule has 0 spiro atoms. The van der Waals surface area contributed by atoms with Crippen molar-refractivity contribution >= 4 is 11.8 Å². The Hall–Kier alpha value is -2.04. The fourth-order valence-electron chi connectivity index (χ4n) is 3.39. The molecular formula is C18H26N2O3. The second kappa shape index (κ2) is 6.22. The molecule has 126 valence electrons. The Morgan fingerprint density at radius 1 is 1.43 bits per heavy atom. The summed E-state index contributed by atoms with van der Waals surface area (Å²) in [6.07, 6.45) is 5.35. The summed E-state index contributed by atoms with van der Waals surface area (Å²) in [5.41, 5.74) is 13.2. The number of Topliss-reactive ketones (excluding diaryl/α,β-unsaturated/α-hetero) is 1. The Morgan fingerprint density at radius 3 is 2.65 bits per heavy atom. The van der Waals surface area contributed by atoms with E-state index in [1.807, 2.05) is 33.8 Å². The highest BCUT2D eigenvalue weighted by atomic mass is 16.5. The fourth-order valence-corrected chi connectivity index (χ4v) is 3.39. The lowest BCUT2D eigenvalue weighted by molar-refractivity contribution is -0.150. The lowest BCUT2D eigenvalue weighted by Crippen LogP contribution is -2.20. The summed E-state index contributed by atoms with van der Waals surface area (Å²) in [6.45, 7) is 7.73. The number of ether oxygens (including phenoxy) is 1. The zero-order valence-corrected chi connectivity index (χ0v) is 14.3. The van der Waals surface area contributed by atoms with Crippen molar-refractivity contribution in [3.05, 3.63) is 35.2 Å². The van der Waals surface area contributed by atoms with Gasteiger partial charge in [-0.05, 0) is 43.4 Å². The molecule has 5 heteroatoms. The van der Waals surface area contributed by atoms with Gasteiger partial charge >= 0.3 is 5.97 Å². The molecule has 0 radical (unpaired) electrons. The van der Waals surface area contributed by atoms with Gasteiger partial charge in [-0.3, -0.25) is 9.59 Å². The maximum absolute atomic E-state index is 12.5. The predicted octanol–water partition coefficient (Wildman–Crippen LogP) is 2.18. The van der Waals surface area contributed by atoms with E-state index in [1.165, 1.54) is 6.20 Å². The van der Waals surface area contributed by atoms with Gasteiger partial charge in [-0.15, -0.1) is 0 Å². The molecule has 0 aromatic carbocycles. The summed E-state index contributed by atoms with van der Waals surface area (Å²) in [5, 5.41) is 0. The number of hydrogen-bond donors (Lipinski definition) is 2. The summed E-state index contributed by atoms with van der Waals surface area (Å²) in [7, 11) is 0. The van der Waals surface area contributed by atoms with Crippen LogP contribution in [0, 0.1) is 17.3 Å². The molecule has 2 rings (SSSR count). The largest absolute Gasteiger partial charge is 0.457 e. The number of carbonyl (C=O) groups is 2. The number of esters is 1. The van der Waals surface area contributed by atoms with E-state index in [0.29, 0.717) is 17.7 Å². The van der Waals surface area contributed by atoms with Crippen LogP contribution in [0.15, 0.2) is 35.2 Å². The van der Waals surface area contributed by atoms with Crippen LogP contribution in [-0.2, 0) is 14.3 Å². The van der Waals surface area contributed by atoms with Crippen LogP contribution in [0.5, 0.6) is 0 Å². The quantitative estimate of drug-likeness (QED) is 0.758. The van der Waals surface area contributed by atoms with Gasteiger partial charge in [0.25, 0.3) is 0 Å². The van der Waals surface area contributed by atoms with Crippen LogP contribution in [0.2, 0.25) is 0 Å². The van der Waals surface area contributed by atoms with Crippen LogP contribution in [0.4, 0.5) is 0 Å². The summed E-state index contributed by atoms with van der Waals surface area (Å²) in [6, 6.07) is 0. The Kier molecular flexibility index (Phi) is 4.68. The maximum Gasteiger partial charge on any atom is 0.310 e. The molecule has 2 aliphatic rings. The van der Waals surface area contributed by atoms with E-state index in [2.05, 4.69) is 0 Å². The second-order valence-corrected chi connectivity index (χ2v) is 7.08. The second-order valence-electron chi connectivity index (χ2n) is 7.08. The number of nitrogens with two attached hydrogens (primary N) is 2. The minimum Gasteiger partial charge on any atom is -0.457 e. The molecule has 23 heavy (non-hydrogen) atoms. The van der Waals surface area contributed by atoms with Gasteiger partial charge in [-0.2, -0.15) is 0 Å². The summed E-state index contributed by atoms with van der Waals surface area (Å²) in [4.78, 5) is 24.5. The molecule has 2 aliphatic carbocycles. The first-order chi connectivity index (χ1) is 10.7. The topological polar surface area (TPSA) is 95.4 Å². The van der Waals surface area contributed by atoms with Crippen molar-refractivity contribution < 1.29 is 14.3 Å². The Bertz CT molecular complexity index is 610. The molecule has 0 aromatic rings. The normalized spacial score (nSPS) is 30.2. The molecule has 0 bridgehead atoms. The van der Waals surface area contributed by atoms with Crippen LogP contribution >= 0.6 is 0 Å². The predicted molar refractivity (Wildman–Crippen MR) is 88.9 cm³/mol.